The van der Waals surface area contributed by atoms with Gasteiger partial charge in [-0.25, -0.2) is 14.3 Å². The third kappa shape index (κ3) is 3.76. The number of esters is 1. The van der Waals surface area contributed by atoms with E-state index in [4.69, 9.17) is 4.74 Å². The summed E-state index contributed by atoms with van der Waals surface area (Å²) in [6.45, 7) is 11.4. The maximum absolute atomic E-state index is 12.3. The molecule has 7 nitrogen and oxygen atoms in total. The highest BCUT2D eigenvalue weighted by Crippen LogP contribution is 2.30. The highest BCUT2D eigenvalue weighted by atomic mass is 16.5. The van der Waals surface area contributed by atoms with Crippen LogP contribution >= 0.6 is 0 Å². The van der Waals surface area contributed by atoms with Crippen molar-refractivity contribution in [1.29, 1.82) is 0 Å². The second-order valence-corrected chi connectivity index (χ2v) is 7.68. The van der Waals surface area contributed by atoms with E-state index < -0.39 is 17.6 Å². The van der Waals surface area contributed by atoms with Crippen LogP contribution in [0.15, 0.2) is 18.3 Å². The van der Waals surface area contributed by atoms with Crippen molar-refractivity contribution in [3.05, 3.63) is 23.9 Å². The molecule has 0 aliphatic carbocycles. The second kappa shape index (κ2) is 7.00. The van der Waals surface area contributed by atoms with E-state index in [2.05, 4.69) is 4.98 Å². The maximum Gasteiger partial charge on any atom is 0.514 e. The van der Waals surface area contributed by atoms with Crippen LogP contribution in [0.5, 0.6) is 0 Å². The molecule has 1 aliphatic heterocycles. The molecule has 0 radical (unpaired) electrons. The van der Waals surface area contributed by atoms with E-state index in [0.29, 0.717) is 37.6 Å². The van der Waals surface area contributed by atoms with Crippen molar-refractivity contribution >= 4 is 17.9 Å². The predicted octanol–water partition coefficient (Wildman–Crippen LogP) is 2.76. The van der Waals surface area contributed by atoms with E-state index >= 15 is 0 Å². The first-order chi connectivity index (χ1) is 11.6. The number of rotatable bonds is 3. The Labute approximate surface area is 148 Å². The average molecular weight is 350 g/mol. The minimum atomic E-state index is -0.812. The summed E-state index contributed by atoms with van der Waals surface area (Å²) < 4.78 is 5.30. The quantitative estimate of drug-likeness (QED) is 0.667. The van der Waals surface area contributed by atoms with Gasteiger partial charge in [0.15, 0.2) is 0 Å². The number of anilines is 1. The SMILES string of the molecule is CC(C)OC(=O)c1cccnc1N1CC[N+](C(=O)O)(C(C)(C)C)CC1. The fourth-order valence-electron chi connectivity index (χ4n) is 3.25. The van der Waals surface area contributed by atoms with E-state index in [1.54, 1.807) is 32.2 Å². The maximum atomic E-state index is 12.3. The number of hydrogen-bond donors (Lipinski definition) is 1. The van der Waals surface area contributed by atoms with Crippen LogP contribution in [0.25, 0.3) is 0 Å². The van der Waals surface area contributed by atoms with Gasteiger partial charge in [0.1, 0.15) is 30.0 Å². The molecule has 0 saturated carbocycles. The molecule has 1 aromatic rings. The number of aromatic nitrogens is 1. The number of carbonyl (C=O) groups excluding carboxylic acids is 1. The number of amides is 1. The normalized spacial score (nSPS) is 17.4. The highest BCUT2D eigenvalue weighted by Gasteiger charge is 2.50. The summed E-state index contributed by atoms with van der Waals surface area (Å²) in [4.78, 5) is 30.6. The van der Waals surface area contributed by atoms with Crippen LogP contribution in [0.4, 0.5) is 10.6 Å². The Hall–Kier alpha value is -2.15. The summed E-state index contributed by atoms with van der Waals surface area (Å²) in [5.74, 6) is 0.156. The van der Waals surface area contributed by atoms with Gasteiger partial charge < -0.3 is 14.7 Å². The van der Waals surface area contributed by atoms with Crippen molar-refractivity contribution < 1.29 is 23.9 Å². The Morgan fingerprint density at radius 1 is 1.28 bits per heavy atom. The van der Waals surface area contributed by atoms with Crippen molar-refractivity contribution in [1.82, 2.24) is 4.98 Å². The Kier molecular flexibility index (Phi) is 5.37. The molecule has 2 rings (SSSR count). The Morgan fingerprint density at radius 3 is 2.36 bits per heavy atom. The molecule has 1 fully saturated rings. The summed E-state index contributed by atoms with van der Waals surface area (Å²) in [6, 6.07) is 3.40. The zero-order valence-corrected chi connectivity index (χ0v) is 15.7. The van der Waals surface area contributed by atoms with Crippen molar-refractivity contribution in [2.75, 3.05) is 31.1 Å². The predicted molar refractivity (Wildman–Crippen MR) is 94.8 cm³/mol. The number of nitrogens with zero attached hydrogens (tertiary/aromatic N) is 3. The number of hydrogen-bond acceptors (Lipinski definition) is 5. The van der Waals surface area contributed by atoms with E-state index in [0.717, 1.165) is 0 Å². The summed E-state index contributed by atoms with van der Waals surface area (Å²) in [5, 5.41) is 9.79. The molecule has 25 heavy (non-hydrogen) atoms. The third-order valence-corrected chi connectivity index (χ3v) is 4.80. The molecule has 0 atom stereocenters. The number of carbonyl (C=O) groups is 2. The van der Waals surface area contributed by atoms with Crippen molar-refractivity contribution in [2.45, 2.75) is 46.3 Å². The lowest BCUT2D eigenvalue weighted by molar-refractivity contribution is -0.903. The topological polar surface area (TPSA) is 79.7 Å². The van der Waals surface area contributed by atoms with Crippen LogP contribution < -0.4 is 4.90 Å². The minimum absolute atomic E-state index is 0.00209. The van der Waals surface area contributed by atoms with E-state index in [9.17, 15) is 14.7 Å². The molecule has 2 heterocycles. The summed E-state index contributed by atoms with van der Waals surface area (Å²) in [7, 11) is 0. The lowest BCUT2D eigenvalue weighted by Crippen LogP contribution is -2.70. The van der Waals surface area contributed by atoms with Gasteiger partial charge in [0.05, 0.1) is 19.2 Å². The molecule has 1 saturated heterocycles. The van der Waals surface area contributed by atoms with Gasteiger partial charge in [-0.1, -0.05) is 0 Å². The smallest absolute Gasteiger partial charge is 0.459 e. The van der Waals surface area contributed by atoms with Gasteiger partial charge in [-0.3, -0.25) is 0 Å². The second-order valence-electron chi connectivity index (χ2n) is 7.68. The fourth-order valence-corrected chi connectivity index (χ4v) is 3.25. The van der Waals surface area contributed by atoms with Crippen LogP contribution in [0.3, 0.4) is 0 Å². The molecule has 138 valence electrons. The first kappa shape index (κ1) is 19.2. The average Bonchev–Trinajstić information content (AvgIpc) is 2.53. The van der Waals surface area contributed by atoms with Gasteiger partial charge in [-0.2, -0.15) is 4.79 Å². The van der Waals surface area contributed by atoms with E-state index in [1.807, 2.05) is 25.7 Å². The van der Waals surface area contributed by atoms with Crippen LogP contribution in [0.1, 0.15) is 45.0 Å². The molecule has 1 amide bonds. The molecule has 7 heteroatoms. The van der Waals surface area contributed by atoms with E-state index in [1.165, 1.54) is 0 Å². The molecule has 0 aromatic carbocycles. The van der Waals surface area contributed by atoms with Crippen LogP contribution in [-0.4, -0.2) is 64.5 Å². The number of piperazine rings is 1. The Balaban J connectivity index is 2.24. The van der Waals surface area contributed by atoms with Gasteiger partial charge in [0.2, 0.25) is 0 Å². The van der Waals surface area contributed by atoms with Crippen LogP contribution in [-0.2, 0) is 4.74 Å². The van der Waals surface area contributed by atoms with Gasteiger partial charge in [-0.05, 0) is 46.8 Å². The van der Waals surface area contributed by atoms with Gasteiger partial charge in [-0.15, -0.1) is 0 Å². The van der Waals surface area contributed by atoms with E-state index in [-0.39, 0.29) is 10.6 Å². The number of ether oxygens (including phenoxy) is 1. The zero-order valence-electron chi connectivity index (χ0n) is 15.7. The monoisotopic (exact) mass is 350 g/mol. The molecule has 0 unspecified atom stereocenters. The van der Waals surface area contributed by atoms with Gasteiger partial charge in [0, 0.05) is 6.20 Å². The molecule has 1 aliphatic rings. The molecule has 1 aromatic heterocycles. The Bertz CT molecular complexity index is 644. The van der Waals surface area contributed by atoms with Gasteiger partial charge >= 0.3 is 12.1 Å². The van der Waals surface area contributed by atoms with Gasteiger partial charge in [0.25, 0.3) is 0 Å². The fraction of sp³-hybridized carbons (Fsp3) is 0.611. The molecule has 0 spiro atoms. The lowest BCUT2D eigenvalue weighted by Gasteiger charge is -2.48. The summed E-state index contributed by atoms with van der Waals surface area (Å²) in [5.41, 5.74) is 0.0174. The number of quaternary nitrogens is 1. The first-order valence-corrected chi connectivity index (χ1v) is 8.60. The highest BCUT2D eigenvalue weighted by molar-refractivity contribution is 5.94. The third-order valence-electron chi connectivity index (χ3n) is 4.80. The number of carboxylic acid groups (broad SMARTS) is 1. The zero-order chi connectivity index (χ0) is 18.8. The first-order valence-electron chi connectivity index (χ1n) is 8.60. The largest absolute Gasteiger partial charge is 0.514 e. The molecule has 0 bridgehead atoms. The summed E-state index contributed by atoms with van der Waals surface area (Å²) >= 11 is 0. The molecular weight excluding hydrogens is 322 g/mol. The minimum Gasteiger partial charge on any atom is -0.459 e. The molecule has 1 N–H and O–H groups in total. The lowest BCUT2D eigenvalue weighted by atomic mass is 10.00. The van der Waals surface area contributed by atoms with Crippen molar-refractivity contribution in [3.63, 3.8) is 0 Å². The summed E-state index contributed by atoms with van der Waals surface area (Å²) in [6.07, 6.45) is 0.617. The van der Waals surface area contributed by atoms with Crippen LogP contribution in [0.2, 0.25) is 0 Å². The number of pyridine rings is 1. The van der Waals surface area contributed by atoms with Crippen LogP contribution in [0, 0.1) is 0 Å². The molecular formula is C18H28N3O4+. The standard InChI is InChI=1S/C18H27N3O4/c1-13(2)25-16(22)14-7-6-8-19-15(14)20-9-11-21(12-10-20,17(23)24)18(3,4)5/h6-8,13H,9-12H2,1-5H3/p+1. The Morgan fingerprint density at radius 2 is 1.88 bits per heavy atom. The van der Waals surface area contributed by atoms with Crippen molar-refractivity contribution in [3.8, 4) is 0 Å². The van der Waals surface area contributed by atoms with Crippen molar-refractivity contribution in [2.24, 2.45) is 0 Å².